The van der Waals surface area contributed by atoms with Gasteiger partial charge in [0, 0.05) is 56.7 Å². The van der Waals surface area contributed by atoms with Crippen LogP contribution in [0.25, 0.3) is 0 Å². The second kappa shape index (κ2) is 7.71. The standard InChI is InChI=1S/C12H13N3O2.C12H11N/c16-9-7-8(13-1-2-13)12(17)11(15-5-6-15)10(9)14-3-4-14;1-3-7-11(8-4-1)13-12-9-5-2-6-10-12/h7H,1-6H2;1-10,13H. The number of nitrogens with zero attached hydrogens (tertiary/aromatic N) is 3. The van der Waals surface area contributed by atoms with Crippen LogP contribution in [0.1, 0.15) is 0 Å². The average Bonchev–Trinajstić information content (AvgIpc) is 3.62. The summed E-state index contributed by atoms with van der Waals surface area (Å²) in [5, 5.41) is 3.30. The lowest BCUT2D eigenvalue weighted by atomic mass is 10.0. The van der Waals surface area contributed by atoms with Crippen molar-refractivity contribution in [3.05, 3.63) is 83.8 Å². The van der Waals surface area contributed by atoms with E-state index in [-0.39, 0.29) is 11.6 Å². The molecule has 0 atom stereocenters. The van der Waals surface area contributed by atoms with Gasteiger partial charge in [-0.15, -0.1) is 0 Å². The van der Waals surface area contributed by atoms with E-state index < -0.39 is 0 Å². The average molecular weight is 400 g/mol. The molecule has 2 aromatic rings. The van der Waals surface area contributed by atoms with Gasteiger partial charge in [0.1, 0.15) is 11.4 Å². The summed E-state index contributed by atoms with van der Waals surface area (Å²) in [6, 6.07) is 20.3. The van der Waals surface area contributed by atoms with E-state index >= 15 is 0 Å². The lowest BCUT2D eigenvalue weighted by Crippen LogP contribution is -2.29. The summed E-state index contributed by atoms with van der Waals surface area (Å²) in [5.41, 5.74) is 4.12. The van der Waals surface area contributed by atoms with E-state index in [1.807, 2.05) is 75.4 Å². The van der Waals surface area contributed by atoms with Crippen molar-refractivity contribution >= 4 is 22.9 Å². The van der Waals surface area contributed by atoms with Crippen molar-refractivity contribution in [3.8, 4) is 0 Å². The van der Waals surface area contributed by atoms with Crippen molar-refractivity contribution in [2.24, 2.45) is 0 Å². The normalized spacial score (nSPS) is 19.2. The molecule has 0 aromatic heterocycles. The first kappa shape index (κ1) is 18.5. The van der Waals surface area contributed by atoms with Gasteiger partial charge in [-0.2, -0.15) is 0 Å². The summed E-state index contributed by atoms with van der Waals surface area (Å²) in [6.07, 6.45) is 1.52. The third kappa shape index (κ3) is 4.08. The highest BCUT2D eigenvalue weighted by molar-refractivity contribution is 6.22. The van der Waals surface area contributed by atoms with Crippen LogP contribution in [-0.2, 0) is 9.59 Å². The van der Waals surface area contributed by atoms with Crippen LogP contribution in [0.5, 0.6) is 0 Å². The number of benzene rings is 2. The van der Waals surface area contributed by atoms with E-state index in [0.717, 1.165) is 50.6 Å². The van der Waals surface area contributed by atoms with Gasteiger partial charge in [0.2, 0.25) is 11.6 Å². The summed E-state index contributed by atoms with van der Waals surface area (Å²) in [5.74, 6) is 0.0485. The Hall–Kier alpha value is -3.54. The second-order valence-electron chi connectivity index (χ2n) is 7.74. The van der Waals surface area contributed by atoms with Gasteiger partial charge >= 0.3 is 0 Å². The maximum atomic E-state index is 12.4. The van der Waals surface area contributed by atoms with Gasteiger partial charge in [0.25, 0.3) is 0 Å². The fourth-order valence-corrected chi connectivity index (χ4v) is 3.49. The molecular weight excluding hydrogens is 376 g/mol. The summed E-state index contributed by atoms with van der Waals surface area (Å²) >= 11 is 0. The van der Waals surface area contributed by atoms with Gasteiger partial charge in [-0.05, 0) is 24.3 Å². The summed E-state index contributed by atoms with van der Waals surface area (Å²) < 4.78 is 0. The van der Waals surface area contributed by atoms with Crippen molar-refractivity contribution in [1.82, 2.24) is 14.7 Å². The summed E-state index contributed by atoms with van der Waals surface area (Å²) in [4.78, 5) is 30.5. The molecule has 0 bridgehead atoms. The van der Waals surface area contributed by atoms with E-state index in [1.54, 1.807) is 0 Å². The highest BCUT2D eigenvalue weighted by Crippen LogP contribution is 2.33. The van der Waals surface area contributed by atoms with Crippen LogP contribution in [0.3, 0.4) is 0 Å². The number of allylic oxidation sites excluding steroid dienone is 1. The van der Waals surface area contributed by atoms with Gasteiger partial charge in [-0.25, -0.2) is 0 Å². The molecule has 2 aromatic carbocycles. The number of ketones is 2. The van der Waals surface area contributed by atoms with Crippen molar-refractivity contribution in [1.29, 1.82) is 0 Å². The van der Waals surface area contributed by atoms with Crippen LogP contribution >= 0.6 is 0 Å². The highest BCUT2D eigenvalue weighted by atomic mass is 16.1. The first-order valence-electron chi connectivity index (χ1n) is 10.4. The number of hydrogen-bond acceptors (Lipinski definition) is 6. The molecule has 3 heterocycles. The molecule has 0 spiro atoms. The lowest BCUT2D eigenvalue weighted by molar-refractivity contribution is -0.117. The minimum atomic E-state index is 0.00546. The third-order valence-corrected chi connectivity index (χ3v) is 5.32. The fraction of sp³-hybridized carbons (Fsp3) is 0.250. The molecular formula is C24H24N4O2. The predicted molar refractivity (Wildman–Crippen MR) is 116 cm³/mol. The SMILES string of the molecule is O=C1C=C(N2CC2)C(=O)C(N2CC2)=C1N1CC1.c1ccc(Nc2ccccc2)cc1. The number of anilines is 2. The molecule has 152 valence electrons. The smallest absolute Gasteiger partial charge is 0.227 e. The van der Waals surface area contributed by atoms with E-state index in [9.17, 15) is 9.59 Å². The van der Waals surface area contributed by atoms with Gasteiger partial charge in [-0.3, -0.25) is 9.59 Å². The number of para-hydroxylation sites is 2. The molecule has 3 aliphatic heterocycles. The van der Waals surface area contributed by atoms with Gasteiger partial charge in [0.15, 0.2) is 0 Å². The van der Waals surface area contributed by atoms with Crippen LogP contribution < -0.4 is 5.32 Å². The van der Waals surface area contributed by atoms with Crippen LogP contribution in [0, 0.1) is 0 Å². The Bertz CT molecular complexity index is 980. The molecule has 0 unspecified atom stereocenters. The molecule has 0 saturated carbocycles. The van der Waals surface area contributed by atoms with Gasteiger partial charge in [-0.1, -0.05) is 36.4 Å². The number of nitrogens with one attached hydrogen (secondary N) is 1. The zero-order chi connectivity index (χ0) is 20.5. The Balaban J connectivity index is 0.000000134. The third-order valence-electron chi connectivity index (χ3n) is 5.32. The van der Waals surface area contributed by atoms with Crippen molar-refractivity contribution < 1.29 is 9.59 Å². The first-order valence-corrected chi connectivity index (χ1v) is 10.4. The van der Waals surface area contributed by atoms with Crippen LogP contribution in [-0.4, -0.2) is 65.5 Å². The predicted octanol–water partition coefficient (Wildman–Crippen LogP) is 2.61. The second-order valence-corrected chi connectivity index (χ2v) is 7.74. The number of Topliss-reactive ketones (excluding diaryl/α,β-unsaturated/α-hetero) is 1. The molecule has 0 radical (unpaired) electrons. The summed E-state index contributed by atoms with van der Waals surface area (Å²) in [6.45, 7) is 5.41. The maximum absolute atomic E-state index is 12.4. The molecule has 6 rings (SSSR count). The lowest BCUT2D eigenvalue weighted by Gasteiger charge is -2.21. The van der Waals surface area contributed by atoms with E-state index in [4.69, 9.17) is 0 Å². The molecule has 0 amide bonds. The minimum Gasteiger partial charge on any atom is -0.365 e. The van der Waals surface area contributed by atoms with Crippen molar-refractivity contribution in [2.45, 2.75) is 0 Å². The Morgan fingerprint density at radius 3 is 1.53 bits per heavy atom. The number of carbonyl (C=O) groups excluding carboxylic acids is 2. The van der Waals surface area contributed by atoms with Crippen LogP contribution in [0.15, 0.2) is 83.8 Å². The van der Waals surface area contributed by atoms with E-state index in [0.29, 0.717) is 17.1 Å². The molecule has 4 aliphatic rings. The molecule has 3 fully saturated rings. The van der Waals surface area contributed by atoms with Crippen molar-refractivity contribution in [2.75, 3.05) is 44.6 Å². The zero-order valence-corrected chi connectivity index (χ0v) is 16.8. The van der Waals surface area contributed by atoms with Crippen LogP contribution in [0.4, 0.5) is 11.4 Å². The van der Waals surface area contributed by atoms with Gasteiger partial charge < -0.3 is 20.0 Å². The Morgan fingerprint density at radius 1 is 0.600 bits per heavy atom. The highest BCUT2D eigenvalue weighted by Gasteiger charge is 2.43. The molecule has 3 saturated heterocycles. The minimum absolute atomic E-state index is 0.00546. The molecule has 6 heteroatoms. The Labute approximate surface area is 176 Å². The quantitative estimate of drug-likeness (QED) is 0.615. The van der Waals surface area contributed by atoms with Crippen molar-refractivity contribution in [3.63, 3.8) is 0 Å². The van der Waals surface area contributed by atoms with E-state index in [2.05, 4.69) is 5.32 Å². The summed E-state index contributed by atoms with van der Waals surface area (Å²) in [7, 11) is 0. The Morgan fingerprint density at radius 2 is 1.07 bits per heavy atom. The Kier molecular flexibility index (Phi) is 4.75. The van der Waals surface area contributed by atoms with Crippen LogP contribution in [0.2, 0.25) is 0 Å². The topological polar surface area (TPSA) is 55.2 Å². The molecule has 1 aliphatic carbocycles. The van der Waals surface area contributed by atoms with Gasteiger partial charge in [0.05, 0.1) is 5.70 Å². The zero-order valence-electron chi connectivity index (χ0n) is 16.8. The molecule has 30 heavy (non-hydrogen) atoms. The molecule has 6 nitrogen and oxygen atoms in total. The largest absolute Gasteiger partial charge is 0.365 e. The van der Waals surface area contributed by atoms with E-state index in [1.165, 1.54) is 6.08 Å². The number of carbonyl (C=O) groups is 2. The monoisotopic (exact) mass is 400 g/mol. The first-order chi connectivity index (χ1) is 14.7. The fourth-order valence-electron chi connectivity index (χ4n) is 3.49. The molecule has 1 N–H and O–H groups in total. The maximum Gasteiger partial charge on any atom is 0.227 e. The number of hydrogen-bond donors (Lipinski definition) is 1. The number of rotatable bonds is 5.